The summed E-state index contributed by atoms with van der Waals surface area (Å²) in [5.74, 6) is -0.0251. The van der Waals surface area contributed by atoms with Crippen molar-refractivity contribution < 1.29 is 13.2 Å². The molecule has 1 rings (SSSR count). The van der Waals surface area contributed by atoms with E-state index in [1.54, 1.807) is 6.92 Å². The Morgan fingerprint density at radius 3 is 2.62 bits per heavy atom. The molecule has 0 heterocycles. The molecule has 0 saturated carbocycles. The Bertz CT molecular complexity index is 541. The van der Waals surface area contributed by atoms with E-state index in [0.717, 1.165) is 0 Å². The van der Waals surface area contributed by atoms with Crippen molar-refractivity contribution in [2.24, 2.45) is 0 Å². The zero-order valence-electron chi connectivity index (χ0n) is 8.80. The van der Waals surface area contributed by atoms with Gasteiger partial charge in [-0.05, 0) is 24.6 Å². The number of hydrogen-bond acceptors (Lipinski definition) is 4. The smallest absolute Gasteiger partial charge is 0.179 e. The van der Waals surface area contributed by atoms with E-state index in [1.165, 1.54) is 18.2 Å². The van der Waals surface area contributed by atoms with Crippen LogP contribution in [0, 0.1) is 11.3 Å². The van der Waals surface area contributed by atoms with Gasteiger partial charge in [-0.3, -0.25) is 4.79 Å². The Morgan fingerprint density at radius 2 is 2.12 bits per heavy atom. The SMILES string of the molecule is CCCS(=O)(=O)c1cc(C#N)ccc1C=O. The number of benzene rings is 1. The van der Waals surface area contributed by atoms with Crippen molar-refractivity contribution in [2.75, 3.05) is 5.75 Å². The molecule has 0 atom stereocenters. The van der Waals surface area contributed by atoms with Crippen molar-refractivity contribution >= 4 is 16.1 Å². The van der Waals surface area contributed by atoms with Crippen LogP contribution >= 0.6 is 0 Å². The molecule has 1 aromatic rings. The zero-order chi connectivity index (χ0) is 12.2. The maximum atomic E-state index is 11.8. The summed E-state index contributed by atoms with van der Waals surface area (Å²) in [6, 6.07) is 5.88. The maximum absolute atomic E-state index is 11.8. The van der Waals surface area contributed by atoms with Crippen molar-refractivity contribution in [3.8, 4) is 6.07 Å². The van der Waals surface area contributed by atoms with Gasteiger partial charge in [0.2, 0.25) is 0 Å². The molecule has 0 aliphatic heterocycles. The van der Waals surface area contributed by atoms with E-state index in [0.29, 0.717) is 12.7 Å². The monoisotopic (exact) mass is 237 g/mol. The minimum atomic E-state index is -3.47. The molecule has 5 heteroatoms. The number of rotatable bonds is 4. The lowest BCUT2D eigenvalue weighted by Crippen LogP contribution is -2.09. The molecule has 0 bridgehead atoms. The second-order valence-electron chi connectivity index (χ2n) is 3.30. The molecule has 0 radical (unpaired) electrons. The standard InChI is InChI=1S/C11H11NO3S/c1-2-5-16(14,15)11-6-9(7-12)3-4-10(11)8-13/h3-4,6,8H,2,5H2,1H3. The number of carbonyl (C=O) groups excluding carboxylic acids is 1. The fourth-order valence-electron chi connectivity index (χ4n) is 1.35. The van der Waals surface area contributed by atoms with Crippen LogP contribution in [-0.2, 0) is 9.84 Å². The van der Waals surface area contributed by atoms with Crippen molar-refractivity contribution in [1.29, 1.82) is 5.26 Å². The van der Waals surface area contributed by atoms with E-state index in [4.69, 9.17) is 5.26 Å². The van der Waals surface area contributed by atoms with Crippen LogP contribution in [0.4, 0.5) is 0 Å². The van der Waals surface area contributed by atoms with Gasteiger partial charge < -0.3 is 0 Å². The normalized spacial score (nSPS) is 10.8. The Balaban J connectivity index is 3.42. The quantitative estimate of drug-likeness (QED) is 0.744. The molecular weight excluding hydrogens is 226 g/mol. The maximum Gasteiger partial charge on any atom is 0.179 e. The van der Waals surface area contributed by atoms with Crippen LogP contribution in [-0.4, -0.2) is 20.5 Å². The summed E-state index contributed by atoms with van der Waals surface area (Å²) in [4.78, 5) is 10.7. The second kappa shape index (κ2) is 4.90. The van der Waals surface area contributed by atoms with Crippen LogP contribution in [0.2, 0.25) is 0 Å². The van der Waals surface area contributed by atoms with Crippen LogP contribution in [0.3, 0.4) is 0 Å². The van der Waals surface area contributed by atoms with Gasteiger partial charge in [-0.25, -0.2) is 8.42 Å². The van der Waals surface area contributed by atoms with Gasteiger partial charge in [0.25, 0.3) is 0 Å². The average Bonchev–Trinajstić information content (AvgIpc) is 2.28. The van der Waals surface area contributed by atoms with Gasteiger partial charge in [0.1, 0.15) is 0 Å². The van der Waals surface area contributed by atoms with E-state index >= 15 is 0 Å². The van der Waals surface area contributed by atoms with Crippen LogP contribution in [0.1, 0.15) is 29.3 Å². The Labute approximate surface area is 94.4 Å². The molecule has 0 aliphatic carbocycles. The van der Waals surface area contributed by atoms with Crippen LogP contribution in [0.25, 0.3) is 0 Å². The molecule has 0 unspecified atom stereocenters. The van der Waals surface area contributed by atoms with Crippen molar-refractivity contribution in [3.05, 3.63) is 29.3 Å². The number of nitrogens with zero attached hydrogens (tertiary/aromatic N) is 1. The third kappa shape index (κ3) is 2.47. The highest BCUT2D eigenvalue weighted by atomic mass is 32.2. The molecular formula is C11H11NO3S. The van der Waals surface area contributed by atoms with E-state index in [2.05, 4.69) is 0 Å². The molecule has 0 saturated heterocycles. The van der Waals surface area contributed by atoms with Gasteiger partial charge in [0, 0.05) is 5.56 Å². The number of sulfone groups is 1. The fraction of sp³-hybridized carbons (Fsp3) is 0.273. The number of aldehydes is 1. The lowest BCUT2D eigenvalue weighted by Gasteiger charge is -2.05. The highest BCUT2D eigenvalue weighted by Gasteiger charge is 2.18. The van der Waals surface area contributed by atoms with Gasteiger partial charge in [0.15, 0.2) is 16.1 Å². The molecule has 0 spiro atoms. The molecule has 0 aromatic heterocycles. The molecule has 1 aromatic carbocycles. The van der Waals surface area contributed by atoms with Gasteiger partial charge >= 0.3 is 0 Å². The van der Waals surface area contributed by atoms with Gasteiger partial charge in [-0.1, -0.05) is 6.92 Å². The zero-order valence-corrected chi connectivity index (χ0v) is 9.62. The lowest BCUT2D eigenvalue weighted by atomic mass is 10.2. The second-order valence-corrected chi connectivity index (χ2v) is 5.38. The summed E-state index contributed by atoms with van der Waals surface area (Å²) in [5.41, 5.74) is 0.340. The fourth-order valence-corrected chi connectivity index (χ4v) is 2.89. The van der Waals surface area contributed by atoms with Gasteiger partial charge in [-0.2, -0.15) is 5.26 Å². The molecule has 0 aliphatic rings. The van der Waals surface area contributed by atoms with Gasteiger partial charge in [0.05, 0.1) is 22.3 Å². The van der Waals surface area contributed by atoms with Crippen LogP contribution in [0.5, 0.6) is 0 Å². The predicted molar refractivity (Wildman–Crippen MR) is 58.9 cm³/mol. The summed E-state index contributed by atoms with van der Waals surface area (Å²) >= 11 is 0. The number of nitriles is 1. The first kappa shape index (κ1) is 12.4. The molecule has 0 fully saturated rings. The Hall–Kier alpha value is -1.67. The van der Waals surface area contributed by atoms with E-state index in [-0.39, 0.29) is 21.8 Å². The Morgan fingerprint density at radius 1 is 1.44 bits per heavy atom. The third-order valence-electron chi connectivity index (χ3n) is 2.08. The van der Waals surface area contributed by atoms with Crippen molar-refractivity contribution in [2.45, 2.75) is 18.2 Å². The number of hydrogen-bond donors (Lipinski definition) is 0. The first-order valence-electron chi connectivity index (χ1n) is 4.77. The minimum Gasteiger partial charge on any atom is -0.298 e. The van der Waals surface area contributed by atoms with E-state index in [9.17, 15) is 13.2 Å². The molecule has 84 valence electrons. The summed E-state index contributed by atoms with van der Waals surface area (Å²) in [7, 11) is -3.47. The van der Waals surface area contributed by atoms with Gasteiger partial charge in [-0.15, -0.1) is 0 Å². The first-order valence-corrected chi connectivity index (χ1v) is 6.42. The minimum absolute atomic E-state index is 0.0251. The first-order chi connectivity index (χ1) is 7.55. The molecule has 16 heavy (non-hydrogen) atoms. The number of carbonyl (C=O) groups is 1. The summed E-state index contributed by atoms with van der Waals surface area (Å²) in [5, 5.41) is 8.69. The Kier molecular flexibility index (Phi) is 3.80. The van der Waals surface area contributed by atoms with Crippen LogP contribution < -0.4 is 0 Å². The predicted octanol–water partition coefficient (Wildman–Crippen LogP) is 1.55. The summed E-state index contributed by atoms with van der Waals surface area (Å²) in [6.07, 6.45) is 0.959. The third-order valence-corrected chi connectivity index (χ3v) is 4.05. The van der Waals surface area contributed by atoms with Crippen LogP contribution in [0.15, 0.2) is 23.1 Å². The highest BCUT2D eigenvalue weighted by molar-refractivity contribution is 7.91. The highest BCUT2D eigenvalue weighted by Crippen LogP contribution is 2.18. The molecule has 4 nitrogen and oxygen atoms in total. The van der Waals surface area contributed by atoms with Crippen molar-refractivity contribution in [3.63, 3.8) is 0 Å². The molecule has 0 amide bonds. The summed E-state index contributed by atoms with van der Waals surface area (Å²) < 4.78 is 23.6. The van der Waals surface area contributed by atoms with Crippen molar-refractivity contribution in [1.82, 2.24) is 0 Å². The average molecular weight is 237 g/mol. The molecule has 0 N–H and O–H groups in total. The van der Waals surface area contributed by atoms with E-state index in [1.807, 2.05) is 6.07 Å². The van der Waals surface area contributed by atoms with E-state index < -0.39 is 9.84 Å². The lowest BCUT2D eigenvalue weighted by molar-refractivity contribution is 0.112. The summed E-state index contributed by atoms with van der Waals surface area (Å²) in [6.45, 7) is 1.74. The largest absolute Gasteiger partial charge is 0.298 e. The topological polar surface area (TPSA) is 75.0 Å².